The molecule has 4 heteroatoms. The number of nitrogens with zero attached hydrogens (tertiary/aromatic N) is 2. The summed E-state index contributed by atoms with van der Waals surface area (Å²) in [5.74, 6) is -0.188. The van der Waals surface area contributed by atoms with Crippen LogP contribution in [0.15, 0.2) is 36.8 Å². The molecule has 2 fully saturated rings. The molecule has 0 spiro atoms. The first-order valence-corrected chi connectivity index (χ1v) is 8.65. The molecule has 2 aromatic rings. The Morgan fingerprint density at radius 2 is 1.83 bits per heavy atom. The van der Waals surface area contributed by atoms with Gasteiger partial charge in [-0.1, -0.05) is 19.1 Å². The fraction of sp³-hybridized carbons (Fsp3) is 0.400. The molecule has 2 saturated carbocycles. The van der Waals surface area contributed by atoms with Crippen LogP contribution in [0, 0.1) is 11.8 Å². The van der Waals surface area contributed by atoms with Crippen molar-refractivity contribution < 1.29 is 9.59 Å². The van der Waals surface area contributed by atoms with Crippen molar-refractivity contribution >= 4 is 11.6 Å². The quantitative estimate of drug-likeness (QED) is 0.814. The zero-order valence-electron chi connectivity index (χ0n) is 13.7. The van der Waals surface area contributed by atoms with Crippen molar-refractivity contribution in [2.75, 3.05) is 0 Å². The molecule has 0 saturated heterocycles. The molecule has 2 bridgehead atoms. The molecule has 1 aromatic carbocycles. The van der Waals surface area contributed by atoms with Gasteiger partial charge in [0.1, 0.15) is 5.92 Å². The van der Waals surface area contributed by atoms with Gasteiger partial charge in [0.2, 0.25) is 0 Å². The largest absolute Gasteiger partial charge is 0.298 e. The van der Waals surface area contributed by atoms with Crippen LogP contribution < -0.4 is 0 Å². The van der Waals surface area contributed by atoms with Gasteiger partial charge in [-0.2, -0.15) is 0 Å². The highest BCUT2D eigenvalue weighted by Crippen LogP contribution is 2.45. The predicted octanol–water partition coefficient (Wildman–Crippen LogP) is 3.36. The van der Waals surface area contributed by atoms with Gasteiger partial charge in [0, 0.05) is 29.8 Å². The Balaban J connectivity index is 1.81. The second-order valence-electron chi connectivity index (χ2n) is 6.80. The van der Waals surface area contributed by atoms with Gasteiger partial charge in [0.15, 0.2) is 11.6 Å². The van der Waals surface area contributed by atoms with Crippen molar-refractivity contribution in [1.29, 1.82) is 0 Å². The van der Waals surface area contributed by atoms with Crippen LogP contribution in [0.5, 0.6) is 0 Å². The van der Waals surface area contributed by atoms with Gasteiger partial charge < -0.3 is 0 Å². The number of fused-ring (bicyclic) bond motifs is 2. The highest BCUT2D eigenvalue weighted by Gasteiger charge is 2.47. The van der Waals surface area contributed by atoms with E-state index in [1.807, 2.05) is 18.2 Å². The summed E-state index contributed by atoms with van der Waals surface area (Å²) >= 11 is 0. The van der Waals surface area contributed by atoms with Crippen LogP contribution in [0.25, 0.3) is 11.3 Å². The van der Waals surface area contributed by atoms with Crippen LogP contribution in [0.4, 0.5) is 0 Å². The van der Waals surface area contributed by atoms with Crippen molar-refractivity contribution in [1.82, 2.24) is 9.97 Å². The Hall–Kier alpha value is -2.36. The van der Waals surface area contributed by atoms with E-state index in [-0.39, 0.29) is 23.4 Å². The number of hydrogen-bond donors (Lipinski definition) is 0. The van der Waals surface area contributed by atoms with Crippen LogP contribution >= 0.6 is 0 Å². The van der Waals surface area contributed by atoms with E-state index < -0.39 is 5.92 Å². The van der Waals surface area contributed by atoms with Crippen molar-refractivity contribution in [3.05, 3.63) is 47.9 Å². The molecule has 0 radical (unpaired) electrons. The molecule has 1 aromatic heterocycles. The first kappa shape index (κ1) is 15.2. The zero-order chi connectivity index (χ0) is 16.7. The lowest BCUT2D eigenvalue weighted by Crippen LogP contribution is -2.35. The third kappa shape index (κ3) is 2.37. The minimum absolute atomic E-state index is 0.0718. The summed E-state index contributed by atoms with van der Waals surface area (Å²) in [6.07, 6.45) is 8.31. The molecule has 2 aliphatic rings. The minimum Gasteiger partial charge on any atom is -0.298 e. The molecule has 24 heavy (non-hydrogen) atoms. The zero-order valence-corrected chi connectivity index (χ0v) is 13.7. The monoisotopic (exact) mass is 320 g/mol. The van der Waals surface area contributed by atoms with E-state index in [4.69, 9.17) is 0 Å². The molecule has 122 valence electrons. The Bertz CT molecular complexity index is 779. The topological polar surface area (TPSA) is 59.9 Å². The van der Waals surface area contributed by atoms with Crippen molar-refractivity contribution in [2.24, 2.45) is 11.8 Å². The molecule has 1 heterocycles. The molecule has 0 N–H and O–H groups in total. The maximum absolute atomic E-state index is 12.9. The summed E-state index contributed by atoms with van der Waals surface area (Å²) in [5.41, 5.74) is 3.64. The van der Waals surface area contributed by atoms with Crippen LogP contribution in [0.2, 0.25) is 0 Å². The third-order valence-corrected chi connectivity index (χ3v) is 5.50. The van der Waals surface area contributed by atoms with Gasteiger partial charge in [-0.3, -0.25) is 19.6 Å². The molecule has 0 aliphatic heterocycles. The van der Waals surface area contributed by atoms with Gasteiger partial charge in [-0.05, 0) is 42.9 Å². The van der Waals surface area contributed by atoms with Gasteiger partial charge in [0.05, 0.1) is 11.9 Å². The van der Waals surface area contributed by atoms with Crippen LogP contribution in [-0.4, -0.2) is 21.5 Å². The second-order valence-corrected chi connectivity index (χ2v) is 6.80. The second kappa shape index (κ2) is 5.93. The average molecular weight is 320 g/mol. The summed E-state index contributed by atoms with van der Waals surface area (Å²) in [6, 6.07) is 6.00. The number of carbonyl (C=O) groups excluding carboxylic acids is 2. The van der Waals surface area contributed by atoms with E-state index in [0.717, 1.165) is 48.1 Å². The first-order chi connectivity index (χ1) is 11.7. The van der Waals surface area contributed by atoms with Crippen molar-refractivity contribution in [3.8, 4) is 11.3 Å². The van der Waals surface area contributed by atoms with E-state index >= 15 is 0 Å². The number of ketones is 2. The third-order valence-electron chi connectivity index (χ3n) is 5.50. The molecule has 2 unspecified atom stereocenters. The predicted molar refractivity (Wildman–Crippen MR) is 90.4 cm³/mol. The number of hydrogen-bond acceptors (Lipinski definition) is 4. The Morgan fingerprint density at radius 3 is 2.46 bits per heavy atom. The first-order valence-electron chi connectivity index (χ1n) is 8.65. The summed E-state index contributed by atoms with van der Waals surface area (Å²) in [6.45, 7) is 2.06. The molecule has 4 rings (SSSR count). The molecule has 2 aliphatic carbocycles. The van der Waals surface area contributed by atoms with E-state index in [9.17, 15) is 9.59 Å². The smallest absolute Gasteiger partial charge is 0.150 e. The van der Waals surface area contributed by atoms with Gasteiger partial charge in [-0.15, -0.1) is 0 Å². The Morgan fingerprint density at radius 1 is 1.08 bits per heavy atom. The standard InChI is InChI=1S/C20H20N2O2/c1-2-12-3-4-13(17-11-21-7-8-22-17)10-16(12)18-19(23)14-5-6-15(9-14)20(18)24/h3-4,7-8,10-11,14-15,18H,2,5-6,9H2,1H3. The number of aryl methyl sites for hydroxylation is 1. The number of carbonyl (C=O) groups is 2. The van der Waals surface area contributed by atoms with Gasteiger partial charge in [0.25, 0.3) is 0 Å². The Labute approximate surface area is 141 Å². The lowest BCUT2D eigenvalue weighted by molar-refractivity contribution is -0.135. The van der Waals surface area contributed by atoms with E-state index in [1.54, 1.807) is 18.6 Å². The van der Waals surface area contributed by atoms with Gasteiger partial charge >= 0.3 is 0 Å². The number of Topliss-reactive ketones (excluding diaryl/α,β-unsaturated/α-hetero) is 2. The average Bonchev–Trinajstić information content (AvgIpc) is 3.08. The number of aromatic nitrogens is 2. The highest BCUT2D eigenvalue weighted by atomic mass is 16.2. The normalized spacial score (nSPS) is 26.0. The molecule has 4 nitrogen and oxygen atoms in total. The van der Waals surface area contributed by atoms with Crippen LogP contribution in [-0.2, 0) is 16.0 Å². The minimum atomic E-state index is -0.581. The fourth-order valence-corrected chi connectivity index (χ4v) is 4.21. The van der Waals surface area contributed by atoms with Crippen LogP contribution in [0.3, 0.4) is 0 Å². The number of benzene rings is 1. The molecular formula is C20H20N2O2. The number of rotatable bonds is 3. The molecule has 0 amide bonds. The molecular weight excluding hydrogens is 300 g/mol. The van der Waals surface area contributed by atoms with Crippen molar-refractivity contribution in [3.63, 3.8) is 0 Å². The van der Waals surface area contributed by atoms with E-state index in [0.29, 0.717) is 0 Å². The maximum Gasteiger partial charge on any atom is 0.150 e. The van der Waals surface area contributed by atoms with E-state index in [2.05, 4.69) is 16.9 Å². The highest BCUT2D eigenvalue weighted by molar-refractivity contribution is 6.12. The molecule has 2 atom stereocenters. The summed E-state index contributed by atoms with van der Waals surface area (Å²) in [7, 11) is 0. The lowest BCUT2D eigenvalue weighted by atomic mass is 9.73. The maximum atomic E-state index is 12.9. The SMILES string of the molecule is CCc1ccc(-c2cnccn2)cc1C1C(=O)C2CCC(C2)C1=O. The Kier molecular flexibility index (Phi) is 3.75. The summed E-state index contributed by atoms with van der Waals surface area (Å²) in [5, 5.41) is 0. The fourth-order valence-electron chi connectivity index (χ4n) is 4.21. The van der Waals surface area contributed by atoms with Gasteiger partial charge in [-0.25, -0.2) is 0 Å². The summed E-state index contributed by atoms with van der Waals surface area (Å²) in [4.78, 5) is 34.2. The van der Waals surface area contributed by atoms with Crippen molar-refractivity contribution in [2.45, 2.75) is 38.5 Å². The van der Waals surface area contributed by atoms with Crippen LogP contribution in [0.1, 0.15) is 43.2 Å². The van der Waals surface area contributed by atoms with E-state index in [1.165, 1.54) is 0 Å². The summed E-state index contributed by atoms with van der Waals surface area (Å²) < 4.78 is 0. The lowest BCUT2D eigenvalue weighted by Gasteiger charge is -2.27.